The lowest BCUT2D eigenvalue weighted by atomic mass is 10.1. The molecule has 0 amide bonds. The maximum Gasteiger partial charge on any atom is 0.338 e. The molecule has 6 heteroatoms. The standard InChI is InChI=1S/C17H19NO4S/c19-17(22-10-16-5-1-2-7-20-16)13-4-3-6-15(8-13)21-9-14-11-23-12-18-14/h3-4,6,8,11-12,16H,1-2,5,7,9-10H2. The molecule has 5 nitrogen and oxygen atoms in total. The van der Waals surface area contributed by atoms with Crippen LogP contribution in [-0.4, -0.2) is 30.3 Å². The highest BCUT2D eigenvalue weighted by molar-refractivity contribution is 7.07. The summed E-state index contributed by atoms with van der Waals surface area (Å²) in [6.07, 6.45) is 3.19. The molecule has 2 aromatic rings. The first-order valence-electron chi connectivity index (χ1n) is 7.70. The van der Waals surface area contributed by atoms with E-state index in [-0.39, 0.29) is 12.1 Å². The molecule has 0 radical (unpaired) electrons. The van der Waals surface area contributed by atoms with Crippen LogP contribution in [0.2, 0.25) is 0 Å². The van der Waals surface area contributed by atoms with Crippen molar-refractivity contribution in [1.29, 1.82) is 0 Å². The molecule has 0 saturated carbocycles. The van der Waals surface area contributed by atoms with Crippen LogP contribution in [0.3, 0.4) is 0 Å². The molecule has 0 spiro atoms. The summed E-state index contributed by atoms with van der Waals surface area (Å²) in [6, 6.07) is 7.01. The van der Waals surface area contributed by atoms with Gasteiger partial charge in [0, 0.05) is 12.0 Å². The van der Waals surface area contributed by atoms with Crippen molar-refractivity contribution in [1.82, 2.24) is 4.98 Å². The Bertz CT molecular complexity index is 623. The first-order chi connectivity index (χ1) is 11.3. The van der Waals surface area contributed by atoms with Crippen LogP contribution in [0.5, 0.6) is 5.75 Å². The van der Waals surface area contributed by atoms with Crippen LogP contribution < -0.4 is 4.74 Å². The molecule has 1 atom stereocenters. The van der Waals surface area contributed by atoms with Gasteiger partial charge in [0.2, 0.25) is 0 Å². The molecule has 1 aromatic carbocycles. The fraction of sp³-hybridized carbons (Fsp3) is 0.412. The van der Waals surface area contributed by atoms with Gasteiger partial charge in [-0.25, -0.2) is 9.78 Å². The molecule has 122 valence electrons. The summed E-state index contributed by atoms with van der Waals surface area (Å²) in [5, 5.41) is 1.93. The van der Waals surface area contributed by atoms with Crippen molar-refractivity contribution in [2.75, 3.05) is 13.2 Å². The average Bonchev–Trinajstić information content (AvgIpc) is 3.12. The van der Waals surface area contributed by atoms with Gasteiger partial charge in [-0.2, -0.15) is 0 Å². The van der Waals surface area contributed by atoms with Crippen LogP contribution in [0.1, 0.15) is 35.3 Å². The van der Waals surface area contributed by atoms with Crippen molar-refractivity contribution in [3.63, 3.8) is 0 Å². The lowest BCUT2D eigenvalue weighted by Crippen LogP contribution is -2.25. The van der Waals surface area contributed by atoms with Crippen LogP contribution in [-0.2, 0) is 16.1 Å². The monoisotopic (exact) mass is 333 g/mol. The Labute approximate surface area is 139 Å². The third kappa shape index (κ3) is 4.77. The van der Waals surface area contributed by atoms with Crippen LogP contribution in [0.25, 0.3) is 0 Å². The summed E-state index contributed by atoms with van der Waals surface area (Å²) in [6.45, 7) is 1.45. The normalized spacial score (nSPS) is 17.7. The SMILES string of the molecule is O=C(OCC1CCCCO1)c1cccc(OCc2cscn2)c1. The Morgan fingerprint density at radius 2 is 2.35 bits per heavy atom. The van der Waals surface area contributed by atoms with E-state index in [2.05, 4.69) is 4.98 Å². The van der Waals surface area contributed by atoms with E-state index >= 15 is 0 Å². The minimum atomic E-state index is -0.349. The van der Waals surface area contributed by atoms with E-state index in [4.69, 9.17) is 14.2 Å². The van der Waals surface area contributed by atoms with E-state index in [9.17, 15) is 4.79 Å². The molecule has 2 heterocycles. The molecule has 1 aliphatic heterocycles. The first kappa shape index (κ1) is 16.0. The van der Waals surface area contributed by atoms with E-state index in [1.807, 2.05) is 11.4 Å². The minimum absolute atomic E-state index is 0.0248. The van der Waals surface area contributed by atoms with Crippen molar-refractivity contribution < 1.29 is 19.0 Å². The Morgan fingerprint density at radius 1 is 1.39 bits per heavy atom. The summed E-state index contributed by atoms with van der Waals surface area (Å²) >= 11 is 1.53. The van der Waals surface area contributed by atoms with Gasteiger partial charge in [-0.3, -0.25) is 0 Å². The number of rotatable bonds is 6. The molecule has 3 rings (SSSR count). The maximum absolute atomic E-state index is 12.1. The second-order valence-electron chi connectivity index (χ2n) is 5.38. The van der Waals surface area contributed by atoms with E-state index in [1.165, 1.54) is 11.3 Å². The van der Waals surface area contributed by atoms with Crippen LogP contribution in [0.15, 0.2) is 35.2 Å². The average molecular weight is 333 g/mol. The predicted octanol–water partition coefficient (Wildman–Crippen LogP) is 3.45. The van der Waals surface area contributed by atoms with Crippen molar-refractivity contribution in [3.8, 4) is 5.75 Å². The lowest BCUT2D eigenvalue weighted by molar-refractivity contribution is -0.0300. The Morgan fingerprint density at radius 3 is 3.13 bits per heavy atom. The van der Waals surface area contributed by atoms with Gasteiger partial charge in [0.25, 0.3) is 0 Å². The molecule has 23 heavy (non-hydrogen) atoms. The van der Waals surface area contributed by atoms with Crippen LogP contribution in [0, 0.1) is 0 Å². The van der Waals surface area contributed by atoms with E-state index < -0.39 is 0 Å². The van der Waals surface area contributed by atoms with E-state index in [0.717, 1.165) is 31.6 Å². The van der Waals surface area contributed by atoms with Gasteiger partial charge in [0.1, 0.15) is 19.0 Å². The molecular weight excluding hydrogens is 314 g/mol. The molecule has 1 aliphatic rings. The van der Waals surface area contributed by atoms with Crippen LogP contribution in [0.4, 0.5) is 0 Å². The Balaban J connectivity index is 1.52. The summed E-state index contributed by atoms with van der Waals surface area (Å²) in [4.78, 5) is 16.3. The number of ether oxygens (including phenoxy) is 3. The Kier molecular flexibility index (Phi) is 5.60. The quantitative estimate of drug-likeness (QED) is 0.758. The number of nitrogens with zero attached hydrogens (tertiary/aromatic N) is 1. The Hall–Kier alpha value is -1.92. The summed E-state index contributed by atoms with van der Waals surface area (Å²) in [5.74, 6) is 0.277. The van der Waals surface area contributed by atoms with Gasteiger partial charge < -0.3 is 14.2 Å². The van der Waals surface area contributed by atoms with Gasteiger partial charge in [-0.1, -0.05) is 6.07 Å². The van der Waals surface area contributed by atoms with Crippen LogP contribution >= 0.6 is 11.3 Å². The molecule has 0 bridgehead atoms. The fourth-order valence-corrected chi connectivity index (χ4v) is 2.91. The second-order valence-corrected chi connectivity index (χ2v) is 6.10. The lowest BCUT2D eigenvalue weighted by Gasteiger charge is -2.22. The van der Waals surface area contributed by atoms with Gasteiger partial charge in [0.15, 0.2) is 0 Å². The topological polar surface area (TPSA) is 57.7 Å². The van der Waals surface area contributed by atoms with Crippen molar-refractivity contribution in [2.45, 2.75) is 32.0 Å². The zero-order valence-corrected chi connectivity index (χ0v) is 13.6. The van der Waals surface area contributed by atoms with Gasteiger partial charge in [0.05, 0.1) is 22.9 Å². The highest BCUT2D eigenvalue weighted by Crippen LogP contribution is 2.17. The summed E-state index contributed by atoms with van der Waals surface area (Å²) in [5.41, 5.74) is 3.12. The highest BCUT2D eigenvalue weighted by atomic mass is 32.1. The number of aromatic nitrogens is 1. The zero-order valence-electron chi connectivity index (χ0n) is 12.8. The third-order valence-corrected chi connectivity index (χ3v) is 4.25. The molecule has 1 fully saturated rings. The molecule has 1 unspecified atom stereocenters. The molecule has 0 aliphatic carbocycles. The summed E-state index contributed by atoms with van der Waals surface area (Å²) < 4.78 is 16.6. The van der Waals surface area contributed by atoms with Crippen molar-refractivity contribution in [2.24, 2.45) is 0 Å². The number of hydrogen-bond acceptors (Lipinski definition) is 6. The first-order valence-corrected chi connectivity index (χ1v) is 8.64. The third-order valence-electron chi connectivity index (χ3n) is 3.61. The maximum atomic E-state index is 12.1. The fourth-order valence-electron chi connectivity index (χ4n) is 2.37. The van der Waals surface area contributed by atoms with Crippen molar-refractivity contribution >= 4 is 17.3 Å². The largest absolute Gasteiger partial charge is 0.487 e. The summed E-state index contributed by atoms with van der Waals surface area (Å²) in [7, 11) is 0. The molecule has 0 N–H and O–H groups in total. The van der Waals surface area contributed by atoms with Gasteiger partial charge in [-0.05, 0) is 37.5 Å². The molecular formula is C17H19NO4S. The number of carbonyl (C=O) groups is 1. The smallest absolute Gasteiger partial charge is 0.338 e. The number of thiazole rings is 1. The van der Waals surface area contributed by atoms with Gasteiger partial charge in [-0.15, -0.1) is 11.3 Å². The molecule has 1 aromatic heterocycles. The van der Waals surface area contributed by atoms with Crippen molar-refractivity contribution in [3.05, 3.63) is 46.4 Å². The predicted molar refractivity (Wildman–Crippen MR) is 86.8 cm³/mol. The highest BCUT2D eigenvalue weighted by Gasteiger charge is 2.17. The molecule has 1 saturated heterocycles. The number of hydrogen-bond donors (Lipinski definition) is 0. The van der Waals surface area contributed by atoms with E-state index in [0.29, 0.717) is 24.5 Å². The minimum Gasteiger partial charge on any atom is -0.487 e. The second kappa shape index (κ2) is 8.08. The van der Waals surface area contributed by atoms with Gasteiger partial charge >= 0.3 is 5.97 Å². The number of carbonyl (C=O) groups excluding carboxylic acids is 1. The number of esters is 1. The zero-order chi connectivity index (χ0) is 15.9. The number of benzene rings is 1. The van der Waals surface area contributed by atoms with E-state index in [1.54, 1.807) is 23.7 Å².